The zero-order valence-corrected chi connectivity index (χ0v) is 35.9. The van der Waals surface area contributed by atoms with Crippen molar-refractivity contribution < 1.29 is 0 Å². The minimum absolute atomic E-state index is 0.177. The first kappa shape index (κ1) is 37.2. The lowest BCUT2D eigenvalue weighted by Crippen LogP contribution is -2.15. The normalized spacial score (nSPS) is 12.9. The Morgan fingerprint density at radius 2 is 0.862 bits per heavy atom. The third-order valence-electron chi connectivity index (χ3n) is 13.6. The molecular weight excluding hydrogens is 791 g/mol. The highest BCUT2D eigenvalue weighted by Crippen LogP contribution is 2.50. The van der Waals surface area contributed by atoms with E-state index in [1.54, 1.807) is 0 Å². The molecule has 0 radical (unpaired) electrons. The summed E-state index contributed by atoms with van der Waals surface area (Å²) in [5.41, 5.74) is 16.9. The molecule has 3 aromatic heterocycles. The Hall–Kier alpha value is -8.41. The lowest BCUT2D eigenvalue weighted by Gasteiger charge is -2.21. The van der Waals surface area contributed by atoms with Crippen molar-refractivity contribution in [2.75, 3.05) is 0 Å². The highest BCUT2D eigenvalue weighted by atomic mass is 15.2. The number of fused-ring (bicyclic) bond motifs is 10. The number of nitrogens with zero attached hydrogens (tertiary/aromatic N) is 5. The fourth-order valence-electron chi connectivity index (χ4n) is 10.5. The molecule has 9 aromatic carbocycles. The molecule has 306 valence electrons. The van der Waals surface area contributed by atoms with E-state index < -0.39 is 0 Å². The number of para-hydroxylation sites is 2. The molecule has 0 N–H and O–H groups in total. The summed E-state index contributed by atoms with van der Waals surface area (Å²) in [5, 5.41) is 4.58. The van der Waals surface area contributed by atoms with Crippen LogP contribution in [0.25, 0.3) is 111 Å². The van der Waals surface area contributed by atoms with E-state index in [4.69, 9.17) is 15.0 Å². The zero-order valence-electron chi connectivity index (χ0n) is 35.9. The van der Waals surface area contributed by atoms with Crippen LogP contribution in [0, 0.1) is 0 Å². The molecular formula is C60H41N5. The summed E-state index contributed by atoms with van der Waals surface area (Å²) in [6.45, 7) is 4.63. The number of hydrogen-bond donors (Lipinski definition) is 0. The fraction of sp³-hybridized carbons (Fsp3) is 0.0500. The Morgan fingerprint density at radius 1 is 0.338 bits per heavy atom. The molecule has 0 atom stereocenters. The maximum atomic E-state index is 5.50. The molecule has 3 heterocycles. The van der Waals surface area contributed by atoms with Gasteiger partial charge in [-0.1, -0.05) is 196 Å². The van der Waals surface area contributed by atoms with E-state index in [1.165, 1.54) is 38.8 Å². The Bertz CT molecular complexity index is 3840. The van der Waals surface area contributed by atoms with E-state index in [2.05, 4.69) is 217 Å². The van der Waals surface area contributed by atoms with Gasteiger partial charge in [-0.3, -0.25) is 4.57 Å². The van der Waals surface area contributed by atoms with Crippen molar-refractivity contribution in [1.82, 2.24) is 24.1 Å². The molecule has 1 aliphatic carbocycles. The highest BCUT2D eigenvalue weighted by Gasteiger charge is 2.35. The molecule has 13 rings (SSSR count). The number of hydrogen-bond acceptors (Lipinski definition) is 3. The third-order valence-corrected chi connectivity index (χ3v) is 13.6. The molecule has 5 nitrogen and oxygen atoms in total. The van der Waals surface area contributed by atoms with Crippen LogP contribution in [-0.2, 0) is 5.41 Å². The Kier molecular flexibility index (Phi) is 8.18. The Balaban J connectivity index is 1.13. The van der Waals surface area contributed by atoms with Crippen LogP contribution in [0.4, 0.5) is 0 Å². The van der Waals surface area contributed by atoms with Crippen LogP contribution in [0.15, 0.2) is 212 Å². The van der Waals surface area contributed by atoms with E-state index in [0.29, 0.717) is 17.6 Å². The minimum Gasteiger partial charge on any atom is -0.307 e. The molecule has 0 aliphatic heterocycles. The maximum absolute atomic E-state index is 5.50. The lowest BCUT2D eigenvalue weighted by molar-refractivity contribution is 0.660. The summed E-state index contributed by atoms with van der Waals surface area (Å²) in [6.07, 6.45) is 0. The van der Waals surface area contributed by atoms with Gasteiger partial charge < -0.3 is 4.57 Å². The van der Waals surface area contributed by atoms with Crippen LogP contribution < -0.4 is 0 Å². The average Bonchev–Trinajstić information content (AvgIpc) is 3.97. The molecule has 0 fully saturated rings. The van der Waals surface area contributed by atoms with Gasteiger partial charge in [0.15, 0.2) is 11.6 Å². The Labute approximate surface area is 376 Å². The van der Waals surface area contributed by atoms with Crippen molar-refractivity contribution in [3.05, 3.63) is 223 Å². The second-order valence-electron chi connectivity index (χ2n) is 17.6. The molecule has 1 aliphatic rings. The van der Waals surface area contributed by atoms with Gasteiger partial charge in [-0.05, 0) is 69.3 Å². The first-order valence-electron chi connectivity index (χ1n) is 22.3. The molecule has 0 saturated carbocycles. The summed E-state index contributed by atoms with van der Waals surface area (Å²) in [5.74, 6) is 1.81. The first-order valence-corrected chi connectivity index (χ1v) is 22.3. The summed E-state index contributed by atoms with van der Waals surface area (Å²) < 4.78 is 4.76. The smallest absolute Gasteiger partial charge is 0.238 e. The largest absolute Gasteiger partial charge is 0.307 e. The van der Waals surface area contributed by atoms with Crippen LogP contribution in [0.2, 0.25) is 0 Å². The zero-order chi connectivity index (χ0) is 43.2. The molecule has 0 spiro atoms. The average molecular weight is 832 g/mol. The van der Waals surface area contributed by atoms with Crippen LogP contribution in [0.1, 0.15) is 25.0 Å². The van der Waals surface area contributed by atoms with Crippen molar-refractivity contribution in [3.63, 3.8) is 0 Å². The number of benzene rings is 9. The summed E-state index contributed by atoms with van der Waals surface area (Å²) >= 11 is 0. The van der Waals surface area contributed by atoms with E-state index in [1.807, 2.05) is 18.2 Å². The SMILES string of the molecule is CC1(C)c2ccccc2-c2ccc(-c3nc(-c4ccccc4)nc(-n4c5ccccc5c5ccc6c7ccccc7n(-c7ccc(-c8ccccc8)cc7-c7ccccc7)c6c54)n3)cc21. The third kappa shape index (κ3) is 5.68. The van der Waals surface area contributed by atoms with Crippen molar-refractivity contribution in [1.29, 1.82) is 0 Å². The van der Waals surface area contributed by atoms with Gasteiger partial charge in [-0.15, -0.1) is 0 Å². The predicted molar refractivity (Wildman–Crippen MR) is 268 cm³/mol. The van der Waals surface area contributed by atoms with Crippen molar-refractivity contribution >= 4 is 43.6 Å². The molecule has 0 saturated heterocycles. The molecule has 5 heteroatoms. The van der Waals surface area contributed by atoms with Gasteiger partial charge in [0.25, 0.3) is 0 Å². The lowest BCUT2D eigenvalue weighted by atomic mass is 9.82. The van der Waals surface area contributed by atoms with Gasteiger partial charge in [0.05, 0.1) is 27.8 Å². The topological polar surface area (TPSA) is 48.5 Å². The van der Waals surface area contributed by atoms with Crippen molar-refractivity contribution in [3.8, 4) is 67.8 Å². The summed E-state index contributed by atoms with van der Waals surface area (Å²) in [7, 11) is 0. The number of rotatable bonds is 6. The number of aromatic nitrogens is 5. The second-order valence-corrected chi connectivity index (χ2v) is 17.6. The quantitative estimate of drug-likeness (QED) is 0.168. The van der Waals surface area contributed by atoms with Gasteiger partial charge >= 0.3 is 0 Å². The molecule has 12 aromatic rings. The Morgan fingerprint density at radius 3 is 1.55 bits per heavy atom. The summed E-state index contributed by atoms with van der Waals surface area (Å²) in [6, 6.07) is 76.1. The van der Waals surface area contributed by atoms with Crippen LogP contribution in [0.3, 0.4) is 0 Å². The second kappa shape index (κ2) is 14.3. The van der Waals surface area contributed by atoms with Crippen LogP contribution >= 0.6 is 0 Å². The van der Waals surface area contributed by atoms with Crippen LogP contribution in [-0.4, -0.2) is 24.1 Å². The van der Waals surface area contributed by atoms with Gasteiger partial charge in [0, 0.05) is 43.7 Å². The van der Waals surface area contributed by atoms with Gasteiger partial charge in [-0.25, -0.2) is 4.98 Å². The monoisotopic (exact) mass is 831 g/mol. The predicted octanol–water partition coefficient (Wildman–Crippen LogP) is 15.0. The van der Waals surface area contributed by atoms with Crippen molar-refractivity contribution in [2.45, 2.75) is 19.3 Å². The highest BCUT2D eigenvalue weighted by molar-refractivity contribution is 6.24. The summed E-state index contributed by atoms with van der Waals surface area (Å²) in [4.78, 5) is 16.2. The molecule has 65 heavy (non-hydrogen) atoms. The maximum Gasteiger partial charge on any atom is 0.238 e. The fourth-order valence-corrected chi connectivity index (χ4v) is 10.5. The van der Waals surface area contributed by atoms with Gasteiger partial charge in [0.1, 0.15) is 0 Å². The van der Waals surface area contributed by atoms with Gasteiger partial charge in [0.2, 0.25) is 5.95 Å². The van der Waals surface area contributed by atoms with E-state index in [-0.39, 0.29) is 5.41 Å². The first-order chi connectivity index (χ1) is 32.0. The van der Waals surface area contributed by atoms with Crippen LogP contribution in [0.5, 0.6) is 0 Å². The van der Waals surface area contributed by atoms with Crippen molar-refractivity contribution in [2.24, 2.45) is 0 Å². The minimum atomic E-state index is -0.177. The van der Waals surface area contributed by atoms with E-state index in [9.17, 15) is 0 Å². The van der Waals surface area contributed by atoms with Gasteiger partial charge in [-0.2, -0.15) is 9.97 Å². The standard InChI is InChI=1S/C60H41N5/c1-60(2)50-27-15-12-24-43(50)44-32-30-42(37-51(44)60)58-61-57(40-22-10-5-11-23-40)62-59(63-58)65-53-29-17-14-26-46(53)48-34-33-47-45-25-13-16-28-52(45)64(55(47)56(48)65)54-35-31-41(38-18-6-3-7-19-38)36-49(54)39-20-8-4-9-21-39/h3-37H,1-2H3. The molecule has 0 unspecified atom stereocenters. The van der Waals surface area contributed by atoms with E-state index >= 15 is 0 Å². The molecule has 0 amide bonds. The van der Waals surface area contributed by atoms with E-state index in [0.717, 1.165) is 66.2 Å². The molecule has 0 bridgehead atoms.